The highest BCUT2D eigenvalue weighted by molar-refractivity contribution is 6.35. The summed E-state index contributed by atoms with van der Waals surface area (Å²) in [4.78, 5) is 14.8. The van der Waals surface area contributed by atoms with Crippen molar-refractivity contribution in [3.8, 4) is 5.75 Å². The van der Waals surface area contributed by atoms with Gasteiger partial charge in [-0.3, -0.25) is 9.69 Å². The van der Waals surface area contributed by atoms with Crippen LogP contribution in [-0.2, 0) is 4.79 Å². The van der Waals surface area contributed by atoms with E-state index in [1.165, 1.54) is 4.90 Å². The molecule has 7 heteroatoms. The Kier molecular flexibility index (Phi) is 7.25. The Balaban J connectivity index is 2.40. The summed E-state index contributed by atoms with van der Waals surface area (Å²) in [6, 6.07) is 4.89. The van der Waals surface area contributed by atoms with Crippen molar-refractivity contribution < 1.29 is 14.6 Å². The number of hydrogen-bond donors (Lipinski definition) is 1. The van der Waals surface area contributed by atoms with Gasteiger partial charge in [0.2, 0.25) is 5.91 Å². The Hall–Kier alpha value is -1.01. The van der Waals surface area contributed by atoms with E-state index < -0.39 is 6.10 Å². The highest BCUT2D eigenvalue weighted by Crippen LogP contribution is 2.27. The van der Waals surface area contributed by atoms with Crippen LogP contribution >= 0.6 is 23.2 Å². The van der Waals surface area contributed by atoms with Crippen molar-refractivity contribution >= 4 is 29.1 Å². The van der Waals surface area contributed by atoms with Crippen LogP contribution in [0.15, 0.2) is 18.2 Å². The number of amides is 1. The summed E-state index contributed by atoms with van der Waals surface area (Å²) in [6.45, 7) is 0.651. The maximum absolute atomic E-state index is 11.5. The molecule has 1 amide bonds. The summed E-state index contributed by atoms with van der Waals surface area (Å²) in [5.41, 5.74) is 0. The molecule has 21 heavy (non-hydrogen) atoms. The Morgan fingerprint density at radius 3 is 2.57 bits per heavy atom. The fourth-order valence-corrected chi connectivity index (χ4v) is 2.09. The molecule has 0 fully saturated rings. The van der Waals surface area contributed by atoms with Gasteiger partial charge in [0, 0.05) is 25.7 Å². The molecule has 118 valence electrons. The van der Waals surface area contributed by atoms with Crippen LogP contribution in [0.25, 0.3) is 0 Å². The van der Waals surface area contributed by atoms with Crippen molar-refractivity contribution in [2.75, 3.05) is 40.8 Å². The van der Waals surface area contributed by atoms with Crippen molar-refractivity contribution in [1.29, 1.82) is 0 Å². The number of aliphatic hydroxyl groups is 1. The largest absolute Gasteiger partial charge is 0.489 e. The molecular weight excluding hydrogens is 315 g/mol. The summed E-state index contributed by atoms with van der Waals surface area (Å²) in [7, 11) is 5.15. The lowest BCUT2D eigenvalue weighted by molar-refractivity contribution is -0.129. The fraction of sp³-hybridized carbons (Fsp3) is 0.500. The van der Waals surface area contributed by atoms with Gasteiger partial charge < -0.3 is 14.7 Å². The number of ether oxygens (including phenoxy) is 1. The van der Waals surface area contributed by atoms with E-state index >= 15 is 0 Å². The lowest BCUT2D eigenvalue weighted by atomic mass is 10.3. The van der Waals surface area contributed by atoms with Crippen LogP contribution < -0.4 is 4.74 Å². The number of likely N-dealkylation sites (N-methyl/N-ethyl adjacent to an activating group) is 2. The van der Waals surface area contributed by atoms with Gasteiger partial charge in [0.05, 0.1) is 11.6 Å². The standard InChI is InChI=1S/C14H20Cl2N2O3/c1-17(2)14(20)8-18(3)7-11(19)9-21-13-5-4-10(15)6-12(13)16/h4-6,11,19H,7-9H2,1-3H3. The topological polar surface area (TPSA) is 53.0 Å². The van der Waals surface area contributed by atoms with E-state index in [9.17, 15) is 9.90 Å². The normalized spacial score (nSPS) is 12.3. The first-order valence-corrected chi connectivity index (χ1v) is 7.19. The first kappa shape index (κ1) is 18.0. The summed E-state index contributed by atoms with van der Waals surface area (Å²) in [5.74, 6) is 0.443. The maximum Gasteiger partial charge on any atom is 0.236 e. The van der Waals surface area contributed by atoms with Crippen LogP contribution in [0, 0.1) is 0 Å². The molecule has 1 N–H and O–H groups in total. The number of halogens is 2. The summed E-state index contributed by atoms with van der Waals surface area (Å²) >= 11 is 11.8. The van der Waals surface area contributed by atoms with E-state index in [4.69, 9.17) is 27.9 Å². The first-order chi connectivity index (χ1) is 9.79. The molecule has 0 aliphatic heterocycles. The minimum Gasteiger partial charge on any atom is -0.489 e. The van der Waals surface area contributed by atoms with E-state index in [1.54, 1.807) is 44.2 Å². The van der Waals surface area contributed by atoms with Gasteiger partial charge in [-0.2, -0.15) is 0 Å². The third-order valence-electron chi connectivity index (χ3n) is 2.75. The molecule has 0 bridgehead atoms. The van der Waals surface area contributed by atoms with E-state index in [0.717, 1.165) is 0 Å². The predicted molar refractivity (Wildman–Crippen MR) is 84.2 cm³/mol. The van der Waals surface area contributed by atoms with Crippen molar-refractivity contribution in [2.45, 2.75) is 6.10 Å². The zero-order valence-corrected chi connectivity index (χ0v) is 13.9. The molecule has 0 saturated heterocycles. The molecule has 0 heterocycles. The number of aliphatic hydroxyl groups excluding tert-OH is 1. The van der Waals surface area contributed by atoms with E-state index in [1.807, 2.05) is 0 Å². The van der Waals surface area contributed by atoms with Crippen LogP contribution in [0.5, 0.6) is 5.75 Å². The van der Waals surface area contributed by atoms with Gasteiger partial charge in [-0.25, -0.2) is 0 Å². The monoisotopic (exact) mass is 334 g/mol. The summed E-state index contributed by atoms with van der Waals surface area (Å²) < 4.78 is 5.44. The van der Waals surface area contributed by atoms with Crippen molar-refractivity contribution in [1.82, 2.24) is 9.80 Å². The first-order valence-electron chi connectivity index (χ1n) is 6.44. The van der Waals surface area contributed by atoms with Gasteiger partial charge in [-0.1, -0.05) is 23.2 Å². The van der Waals surface area contributed by atoms with Gasteiger partial charge >= 0.3 is 0 Å². The quantitative estimate of drug-likeness (QED) is 0.825. The highest BCUT2D eigenvalue weighted by atomic mass is 35.5. The van der Waals surface area contributed by atoms with Gasteiger partial charge in [0.25, 0.3) is 0 Å². The molecule has 0 aliphatic carbocycles. The van der Waals surface area contributed by atoms with Crippen LogP contribution in [0.1, 0.15) is 0 Å². The van der Waals surface area contributed by atoms with Crippen LogP contribution in [0.2, 0.25) is 10.0 Å². The Morgan fingerprint density at radius 2 is 2.00 bits per heavy atom. The Morgan fingerprint density at radius 1 is 1.33 bits per heavy atom. The molecule has 0 saturated carbocycles. The Bertz CT molecular complexity index is 483. The zero-order valence-electron chi connectivity index (χ0n) is 12.3. The van der Waals surface area contributed by atoms with Gasteiger partial charge in [0.15, 0.2) is 0 Å². The number of hydrogen-bond acceptors (Lipinski definition) is 4. The number of carbonyl (C=O) groups is 1. The second-order valence-electron chi connectivity index (χ2n) is 5.02. The van der Waals surface area contributed by atoms with Gasteiger partial charge in [-0.15, -0.1) is 0 Å². The van der Waals surface area contributed by atoms with Crippen LogP contribution in [0.4, 0.5) is 0 Å². The van der Waals surface area contributed by atoms with Crippen molar-refractivity contribution in [3.63, 3.8) is 0 Å². The highest BCUT2D eigenvalue weighted by Gasteiger charge is 2.14. The van der Waals surface area contributed by atoms with Crippen molar-refractivity contribution in [2.24, 2.45) is 0 Å². The second kappa shape index (κ2) is 8.44. The van der Waals surface area contributed by atoms with Crippen LogP contribution in [-0.4, -0.2) is 67.8 Å². The van der Waals surface area contributed by atoms with E-state index in [2.05, 4.69) is 0 Å². The molecular formula is C14H20Cl2N2O3. The minimum absolute atomic E-state index is 0.0219. The minimum atomic E-state index is -0.725. The van der Waals surface area contributed by atoms with Crippen molar-refractivity contribution in [3.05, 3.63) is 28.2 Å². The molecule has 1 aromatic rings. The SMILES string of the molecule is CN(CC(=O)N(C)C)CC(O)COc1ccc(Cl)cc1Cl. The zero-order chi connectivity index (χ0) is 16.0. The third-order valence-corrected chi connectivity index (χ3v) is 3.28. The summed E-state index contributed by atoms with van der Waals surface area (Å²) in [6.07, 6.45) is -0.725. The number of nitrogens with zero attached hydrogens (tertiary/aromatic N) is 2. The lowest BCUT2D eigenvalue weighted by Crippen LogP contribution is -2.39. The Labute approximate surface area is 135 Å². The van der Waals surface area contributed by atoms with E-state index in [-0.39, 0.29) is 19.1 Å². The molecule has 0 aromatic heterocycles. The molecule has 5 nitrogen and oxygen atoms in total. The number of rotatable bonds is 7. The maximum atomic E-state index is 11.5. The predicted octanol–water partition coefficient (Wildman–Crippen LogP) is 1.75. The second-order valence-corrected chi connectivity index (χ2v) is 5.87. The average molecular weight is 335 g/mol. The molecule has 0 aliphatic rings. The molecule has 0 spiro atoms. The molecule has 1 unspecified atom stereocenters. The lowest BCUT2D eigenvalue weighted by Gasteiger charge is -2.22. The fourth-order valence-electron chi connectivity index (χ4n) is 1.63. The molecule has 0 radical (unpaired) electrons. The number of benzene rings is 1. The number of carbonyl (C=O) groups excluding carboxylic acids is 1. The van der Waals surface area contributed by atoms with Crippen LogP contribution in [0.3, 0.4) is 0 Å². The van der Waals surface area contributed by atoms with Gasteiger partial charge in [0.1, 0.15) is 18.5 Å². The molecule has 1 rings (SSSR count). The smallest absolute Gasteiger partial charge is 0.236 e. The molecule has 1 atom stereocenters. The molecule has 1 aromatic carbocycles. The third kappa shape index (κ3) is 6.52. The van der Waals surface area contributed by atoms with E-state index in [0.29, 0.717) is 22.3 Å². The van der Waals surface area contributed by atoms with Gasteiger partial charge in [-0.05, 0) is 25.2 Å². The summed E-state index contributed by atoms with van der Waals surface area (Å²) in [5, 5.41) is 10.8. The average Bonchev–Trinajstić information content (AvgIpc) is 2.37.